The van der Waals surface area contributed by atoms with Crippen molar-refractivity contribution in [2.75, 3.05) is 13.7 Å². The maximum absolute atomic E-state index is 12.8. The fourth-order valence-corrected chi connectivity index (χ4v) is 3.40. The zero-order valence-electron chi connectivity index (χ0n) is 14.8. The van der Waals surface area contributed by atoms with E-state index < -0.39 is 0 Å². The molecule has 0 saturated carbocycles. The first-order valence-corrected chi connectivity index (χ1v) is 9.00. The van der Waals surface area contributed by atoms with Crippen molar-refractivity contribution >= 4 is 6.03 Å². The fraction of sp³-hybridized carbons (Fsp3) is 0.381. The topological polar surface area (TPSA) is 41.6 Å². The number of carbonyl (C=O) groups excluding carboxylic acids is 1. The summed E-state index contributed by atoms with van der Waals surface area (Å²) >= 11 is 0. The van der Waals surface area contributed by atoms with Gasteiger partial charge in [0.25, 0.3) is 0 Å². The summed E-state index contributed by atoms with van der Waals surface area (Å²) in [7, 11) is 1.67. The lowest BCUT2D eigenvalue weighted by Gasteiger charge is -2.30. The third-order valence-corrected chi connectivity index (χ3v) is 4.80. The van der Waals surface area contributed by atoms with E-state index in [2.05, 4.69) is 17.4 Å². The maximum atomic E-state index is 12.8. The normalized spacial score (nSPS) is 17.6. The van der Waals surface area contributed by atoms with Crippen LogP contribution in [0, 0.1) is 0 Å². The molecule has 1 aliphatic rings. The molecule has 2 aromatic carbocycles. The second kappa shape index (κ2) is 8.56. The van der Waals surface area contributed by atoms with Crippen LogP contribution in [0.15, 0.2) is 54.6 Å². The number of methoxy groups -OCH3 is 1. The molecule has 4 nitrogen and oxygen atoms in total. The molecule has 0 aromatic heterocycles. The zero-order chi connectivity index (χ0) is 17.5. The number of hydrogen-bond donors (Lipinski definition) is 1. The first kappa shape index (κ1) is 17.3. The lowest BCUT2D eigenvalue weighted by atomic mass is 10.0. The molecule has 3 rings (SSSR count). The Morgan fingerprint density at radius 3 is 2.56 bits per heavy atom. The zero-order valence-corrected chi connectivity index (χ0v) is 14.8. The first-order chi connectivity index (χ1) is 12.3. The average Bonchev–Trinajstić information content (AvgIpc) is 2.93. The summed E-state index contributed by atoms with van der Waals surface area (Å²) < 4.78 is 5.25. The number of likely N-dealkylation sites (tertiary alicyclic amines) is 1. The van der Waals surface area contributed by atoms with Gasteiger partial charge in [0.2, 0.25) is 0 Å². The lowest BCUT2D eigenvalue weighted by molar-refractivity contribution is 0.175. The number of ether oxygens (including phenoxy) is 1. The molecule has 1 saturated heterocycles. The number of carbonyl (C=O) groups is 1. The Morgan fingerprint density at radius 2 is 1.84 bits per heavy atom. The van der Waals surface area contributed by atoms with Gasteiger partial charge >= 0.3 is 6.03 Å². The van der Waals surface area contributed by atoms with E-state index in [0.29, 0.717) is 6.54 Å². The largest absolute Gasteiger partial charge is 0.497 e. The Balaban J connectivity index is 1.71. The van der Waals surface area contributed by atoms with E-state index in [0.717, 1.165) is 37.1 Å². The fourth-order valence-electron chi connectivity index (χ4n) is 3.40. The van der Waals surface area contributed by atoms with Gasteiger partial charge in [0.1, 0.15) is 5.75 Å². The highest BCUT2D eigenvalue weighted by Crippen LogP contribution is 2.31. The molecule has 1 N–H and O–H groups in total. The van der Waals surface area contributed by atoms with Crippen LogP contribution >= 0.6 is 0 Å². The van der Waals surface area contributed by atoms with E-state index in [1.807, 2.05) is 47.4 Å². The first-order valence-electron chi connectivity index (χ1n) is 9.00. The van der Waals surface area contributed by atoms with Gasteiger partial charge in [-0.15, -0.1) is 0 Å². The van der Waals surface area contributed by atoms with Crippen molar-refractivity contribution in [3.05, 3.63) is 65.7 Å². The van der Waals surface area contributed by atoms with Crippen LogP contribution in [-0.4, -0.2) is 24.6 Å². The van der Waals surface area contributed by atoms with Gasteiger partial charge in [0, 0.05) is 13.1 Å². The molecule has 2 aromatic rings. The van der Waals surface area contributed by atoms with Crippen LogP contribution in [0.1, 0.15) is 42.9 Å². The highest BCUT2D eigenvalue weighted by Gasteiger charge is 2.26. The summed E-state index contributed by atoms with van der Waals surface area (Å²) in [5, 5.41) is 3.08. The van der Waals surface area contributed by atoms with Crippen LogP contribution in [0.2, 0.25) is 0 Å². The molecule has 25 heavy (non-hydrogen) atoms. The number of urea groups is 1. The minimum atomic E-state index is 0.0200. The molecule has 0 spiro atoms. The van der Waals surface area contributed by atoms with E-state index >= 15 is 0 Å². The molecule has 4 heteroatoms. The summed E-state index contributed by atoms with van der Waals surface area (Å²) in [4.78, 5) is 14.8. The monoisotopic (exact) mass is 338 g/mol. The second-order valence-electron chi connectivity index (χ2n) is 6.48. The minimum absolute atomic E-state index is 0.0200. The maximum Gasteiger partial charge on any atom is 0.318 e. The summed E-state index contributed by atoms with van der Waals surface area (Å²) in [6, 6.07) is 18.3. The van der Waals surface area contributed by atoms with Gasteiger partial charge in [0.15, 0.2) is 0 Å². The molecule has 132 valence electrons. The highest BCUT2D eigenvalue weighted by atomic mass is 16.5. The van der Waals surface area contributed by atoms with Gasteiger partial charge in [-0.1, -0.05) is 55.3 Å². The molecule has 1 heterocycles. The van der Waals surface area contributed by atoms with Crippen molar-refractivity contribution in [3.8, 4) is 5.75 Å². The molecule has 0 aliphatic carbocycles. The number of benzene rings is 2. The van der Waals surface area contributed by atoms with Gasteiger partial charge < -0.3 is 15.0 Å². The van der Waals surface area contributed by atoms with Crippen molar-refractivity contribution < 1.29 is 9.53 Å². The van der Waals surface area contributed by atoms with Gasteiger partial charge in [-0.05, 0) is 36.1 Å². The Bertz CT molecular complexity index is 670. The van der Waals surface area contributed by atoms with E-state index in [1.54, 1.807) is 7.11 Å². The van der Waals surface area contributed by atoms with Crippen LogP contribution in [-0.2, 0) is 6.54 Å². The summed E-state index contributed by atoms with van der Waals surface area (Å²) in [6.07, 6.45) is 4.39. The molecule has 1 fully saturated rings. The number of amides is 2. The molecule has 1 unspecified atom stereocenters. The number of nitrogens with one attached hydrogen (secondary N) is 1. The predicted octanol–water partition coefficient (Wildman–Crippen LogP) is 4.52. The van der Waals surface area contributed by atoms with Crippen LogP contribution in [0.3, 0.4) is 0 Å². The lowest BCUT2D eigenvalue weighted by Crippen LogP contribution is -2.41. The summed E-state index contributed by atoms with van der Waals surface area (Å²) in [5.41, 5.74) is 2.30. The van der Waals surface area contributed by atoms with Crippen LogP contribution in [0.4, 0.5) is 4.79 Å². The van der Waals surface area contributed by atoms with E-state index in [-0.39, 0.29) is 12.1 Å². The quantitative estimate of drug-likeness (QED) is 0.890. The van der Waals surface area contributed by atoms with Crippen LogP contribution in [0.5, 0.6) is 5.75 Å². The molecule has 2 amide bonds. The van der Waals surface area contributed by atoms with E-state index in [9.17, 15) is 4.79 Å². The van der Waals surface area contributed by atoms with Gasteiger partial charge in [-0.2, -0.15) is 0 Å². The second-order valence-corrected chi connectivity index (χ2v) is 6.48. The van der Waals surface area contributed by atoms with Crippen molar-refractivity contribution in [1.82, 2.24) is 10.2 Å². The van der Waals surface area contributed by atoms with Crippen molar-refractivity contribution in [2.45, 2.75) is 38.3 Å². The van der Waals surface area contributed by atoms with E-state index in [1.165, 1.54) is 12.0 Å². The standard InChI is InChI=1S/C21H26N2O2/c1-25-19-13-11-18(12-14-19)20-10-6-3-7-15-23(20)21(24)22-16-17-8-4-2-5-9-17/h2,4-5,8-9,11-14,20H,3,6-7,10,15-16H2,1H3,(H,22,24). The van der Waals surface area contributed by atoms with Crippen molar-refractivity contribution in [2.24, 2.45) is 0 Å². The Hall–Kier alpha value is -2.49. The van der Waals surface area contributed by atoms with Crippen molar-refractivity contribution in [3.63, 3.8) is 0 Å². The van der Waals surface area contributed by atoms with Crippen LogP contribution in [0.25, 0.3) is 0 Å². The Labute approximate surface area is 149 Å². The van der Waals surface area contributed by atoms with Gasteiger partial charge in [-0.3, -0.25) is 0 Å². The molecule has 0 bridgehead atoms. The van der Waals surface area contributed by atoms with E-state index in [4.69, 9.17) is 4.74 Å². The Morgan fingerprint density at radius 1 is 1.08 bits per heavy atom. The molecular formula is C21H26N2O2. The molecule has 0 radical (unpaired) electrons. The van der Waals surface area contributed by atoms with Crippen LogP contribution < -0.4 is 10.1 Å². The third kappa shape index (κ3) is 4.53. The van der Waals surface area contributed by atoms with Gasteiger partial charge in [-0.25, -0.2) is 4.79 Å². The average molecular weight is 338 g/mol. The smallest absolute Gasteiger partial charge is 0.318 e. The summed E-state index contributed by atoms with van der Waals surface area (Å²) in [5.74, 6) is 0.845. The third-order valence-electron chi connectivity index (χ3n) is 4.80. The van der Waals surface area contributed by atoms with Crippen molar-refractivity contribution in [1.29, 1.82) is 0 Å². The summed E-state index contributed by atoms with van der Waals surface area (Å²) in [6.45, 7) is 1.36. The predicted molar refractivity (Wildman–Crippen MR) is 99.6 cm³/mol. The van der Waals surface area contributed by atoms with Gasteiger partial charge in [0.05, 0.1) is 13.2 Å². The number of hydrogen-bond acceptors (Lipinski definition) is 2. The Kier molecular flexibility index (Phi) is 5.94. The number of nitrogens with zero attached hydrogens (tertiary/aromatic N) is 1. The number of rotatable bonds is 4. The highest BCUT2D eigenvalue weighted by molar-refractivity contribution is 5.74. The molecular weight excluding hydrogens is 312 g/mol. The minimum Gasteiger partial charge on any atom is -0.497 e. The SMILES string of the molecule is COc1ccc(C2CCCCCN2C(=O)NCc2ccccc2)cc1. The molecule has 1 aliphatic heterocycles. The molecule has 1 atom stereocenters.